The van der Waals surface area contributed by atoms with E-state index in [0.29, 0.717) is 11.1 Å². The average Bonchev–Trinajstić information content (AvgIpc) is 2.70. The number of ether oxygens (including phenoxy) is 1. The van der Waals surface area contributed by atoms with E-state index < -0.39 is 0 Å². The molecular weight excluding hydrogens is 244 g/mol. The Bertz CT molecular complexity index is 348. The van der Waals surface area contributed by atoms with Gasteiger partial charge in [0.15, 0.2) is 5.82 Å². The van der Waals surface area contributed by atoms with Gasteiger partial charge in [0.05, 0.1) is 0 Å². The lowest BCUT2D eigenvalue weighted by molar-refractivity contribution is -0.0829. The minimum atomic E-state index is -0.273. The van der Waals surface area contributed by atoms with Gasteiger partial charge in [0, 0.05) is 6.61 Å². The molecule has 5 heteroatoms. The van der Waals surface area contributed by atoms with Crippen LogP contribution in [0.1, 0.15) is 45.4 Å². The van der Waals surface area contributed by atoms with Crippen LogP contribution in [0.4, 0.5) is 0 Å². The summed E-state index contributed by atoms with van der Waals surface area (Å²) in [5.74, 6) is 1.57. The summed E-state index contributed by atoms with van der Waals surface area (Å²) in [4.78, 5) is 4.30. The van der Waals surface area contributed by atoms with Gasteiger partial charge in [-0.05, 0) is 61.7 Å². The maximum Gasteiger partial charge on any atom is 0.203 e. The highest BCUT2D eigenvalue weighted by Crippen LogP contribution is 2.41. The lowest BCUT2D eigenvalue weighted by Gasteiger charge is -2.36. The maximum absolute atomic E-state index is 5.94. The normalized spacial score (nSPS) is 30.6. The summed E-state index contributed by atoms with van der Waals surface area (Å²) < 4.78 is 10.8. The van der Waals surface area contributed by atoms with Crippen molar-refractivity contribution in [2.75, 3.05) is 6.61 Å². The topological polar surface area (TPSA) is 35.0 Å². The zero-order chi connectivity index (χ0) is 11.6. The molecule has 1 fully saturated rings. The van der Waals surface area contributed by atoms with Gasteiger partial charge in [-0.15, -0.1) is 0 Å². The predicted molar refractivity (Wildman–Crippen MR) is 65.9 cm³/mol. The van der Waals surface area contributed by atoms with E-state index in [9.17, 15) is 0 Å². The minimum absolute atomic E-state index is 0.273. The fraction of sp³-hybridized carbons (Fsp3) is 0.818. The Balaban J connectivity index is 2.22. The van der Waals surface area contributed by atoms with Crippen LogP contribution in [0.15, 0.2) is 0 Å². The largest absolute Gasteiger partial charge is 0.367 e. The molecular formula is C11H17ClN2OS. The van der Waals surface area contributed by atoms with Crippen molar-refractivity contribution in [1.82, 2.24) is 9.36 Å². The van der Waals surface area contributed by atoms with Crippen LogP contribution in [0.5, 0.6) is 0 Å². The zero-order valence-corrected chi connectivity index (χ0v) is 11.3. The van der Waals surface area contributed by atoms with Crippen LogP contribution in [0.25, 0.3) is 0 Å². The number of hydrogen-bond donors (Lipinski definition) is 0. The summed E-state index contributed by atoms with van der Waals surface area (Å²) in [6, 6.07) is 0. The summed E-state index contributed by atoms with van der Waals surface area (Å²) in [5.41, 5.74) is -0.273. The van der Waals surface area contributed by atoms with Crippen LogP contribution in [-0.4, -0.2) is 16.0 Å². The van der Waals surface area contributed by atoms with Crippen molar-refractivity contribution in [2.24, 2.45) is 5.92 Å². The first kappa shape index (κ1) is 12.3. The predicted octanol–water partition coefficient (Wildman–Crippen LogP) is 3.63. The van der Waals surface area contributed by atoms with Crippen molar-refractivity contribution in [3.8, 4) is 0 Å². The molecule has 1 aliphatic carbocycles. The number of rotatable bonds is 3. The molecule has 16 heavy (non-hydrogen) atoms. The smallest absolute Gasteiger partial charge is 0.203 e. The molecule has 0 aliphatic heterocycles. The molecule has 0 bridgehead atoms. The van der Waals surface area contributed by atoms with Gasteiger partial charge in [0.25, 0.3) is 0 Å². The van der Waals surface area contributed by atoms with E-state index in [1.807, 2.05) is 6.92 Å². The molecule has 1 aromatic rings. The van der Waals surface area contributed by atoms with Crippen molar-refractivity contribution in [3.05, 3.63) is 10.3 Å². The third kappa shape index (κ3) is 2.39. The highest BCUT2D eigenvalue weighted by Gasteiger charge is 2.39. The van der Waals surface area contributed by atoms with E-state index >= 15 is 0 Å². The fourth-order valence-corrected chi connectivity index (χ4v) is 3.01. The van der Waals surface area contributed by atoms with Crippen LogP contribution in [0.3, 0.4) is 0 Å². The molecule has 0 spiro atoms. The molecule has 0 N–H and O–H groups in total. The van der Waals surface area contributed by atoms with E-state index in [2.05, 4.69) is 16.3 Å². The van der Waals surface area contributed by atoms with Gasteiger partial charge in [-0.2, -0.15) is 4.37 Å². The van der Waals surface area contributed by atoms with E-state index in [4.69, 9.17) is 16.3 Å². The summed E-state index contributed by atoms with van der Waals surface area (Å²) in [5, 5.41) is 0. The van der Waals surface area contributed by atoms with E-state index in [0.717, 1.165) is 24.6 Å². The van der Waals surface area contributed by atoms with Crippen molar-refractivity contribution in [3.63, 3.8) is 0 Å². The first-order valence-corrected chi connectivity index (χ1v) is 6.95. The Hall–Kier alpha value is -0.190. The molecule has 1 heterocycles. The number of aromatic nitrogens is 2. The highest BCUT2D eigenvalue weighted by molar-refractivity contribution is 7.10. The molecule has 1 aliphatic rings. The lowest BCUT2D eigenvalue weighted by Crippen LogP contribution is -2.35. The number of nitrogens with zero attached hydrogens (tertiary/aromatic N) is 2. The first-order chi connectivity index (χ1) is 7.66. The van der Waals surface area contributed by atoms with Crippen LogP contribution >= 0.6 is 23.1 Å². The van der Waals surface area contributed by atoms with Gasteiger partial charge in [-0.3, -0.25) is 0 Å². The van der Waals surface area contributed by atoms with Crippen LogP contribution in [-0.2, 0) is 10.3 Å². The van der Waals surface area contributed by atoms with Gasteiger partial charge in [-0.25, -0.2) is 4.98 Å². The molecule has 0 saturated heterocycles. The molecule has 3 nitrogen and oxygen atoms in total. The molecule has 0 atom stereocenters. The van der Waals surface area contributed by atoms with E-state index in [1.54, 1.807) is 0 Å². The van der Waals surface area contributed by atoms with Crippen molar-refractivity contribution >= 4 is 23.1 Å². The molecule has 1 aromatic heterocycles. The maximum atomic E-state index is 5.94. The van der Waals surface area contributed by atoms with Crippen LogP contribution in [0, 0.1) is 5.92 Å². The Kier molecular flexibility index (Phi) is 3.82. The second-order valence-corrected chi connectivity index (χ2v) is 5.81. The first-order valence-electron chi connectivity index (χ1n) is 5.80. The summed E-state index contributed by atoms with van der Waals surface area (Å²) in [6.07, 6.45) is 4.37. The molecule has 0 amide bonds. The highest BCUT2D eigenvalue weighted by atomic mass is 35.5. The zero-order valence-electron chi connectivity index (χ0n) is 9.70. The fourth-order valence-electron chi connectivity index (χ4n) is 2.33. The Morgan fingerprint density at radius 1 is 1.50 bits per heavy atom. The third-order valence-electron chi connectivity index (χ3n) is 3.31. The standard InChI is InChI=1S/C11H17ClN2OS/c1-3-15-11(6-4-8(2)5-7-11)9-13-10(12)16-14-9/h8H,3-7H2,1-2H3. The molecule has 0 radical (unpaired) electrons. The Labute approximate surface area is 105 Å². The van der Waals surface area contributed by atoms with Gasteiger partial charge >= 0.3 is 0 Å². The molecule has 0 aromatic carbocycles. The number of hydrogen-bond acceptors (Lipinski definition) is 4. The SMILES string of the molecule is CCOC1(c2nsc(Cl)n2)CCC(C)CC1. The van der Waals surface area contributed by atoms with Crippen molar-refractivity contribution in [2.45, 2.75) is 45.1 Å². The van der Waals surface area contributed by atoms with Crippen molar-refractivity contribution in [1.29, 1.82) is 0 Å². The second-order valence-electron chi connectivity index (χ2n) is 4.48. The van der Waals surface area contributed by atoms with Gasteiger partial charge < -0.3 is 4.74 Å². The van der Waals surface area contributed by atoms with E-state index in [-0.39, 0.29) is 5.60 Å². The minimum Gasteiger partial charge on any atom is -0.367 e. The van der Waals surface area contributed by atoms with Gasteiger partial charge in [0.1, 0.15) is 5.60 Å². The van der Waals surface area contributed by atoms with Crippen molar-refractivity contribution < 1.29 is 4.74 Å². The molecule has 0 unspecified atom stereocenters. The Morgan fingerprint density at radius 3 is 2.69 bits per heavy atom. The molecule has 1 saturated carbocycles. The molecule has 2 rings (SSSR count). The Morgan fingerprint density at radius 2 is 2.19 bits per heavy atom. The average molecular weight is 261 g/mol. The monoisotopic (exact) mass is 260 g/mol. The summed E-state index contributed by atoms with van der Waals surface area (Å²) in [7, 11) is 0. The van der Waals surface area contributed by atoms with E-state index in [1.165, 1.54) is 24.4 Å². The second kappa shape index (κ2) is 4.98. The number of halogens is 1. The third-order valence-corrected chi connectivity index (χ3v) is 4.11. The molecule has 90 valence electrons. The lowest BCUT2D eigenvalue weighted by atomic mass is 9.79. The van der Waals surface area contributed by atoms with Crippen LogP contribution in [0.2, 0.25) is 4.47 Å². The van der Waals surface area contributed by atoms with Gasteiger partial charge in [0.2, 0.25) is 4.47 Å². The summed E-state index contributed by atoms with van der Waals surface area (Å²) >= 11 is 7.11. The van der Waals surface area contributed by atoms with Gasteiger partial charge in [-0.1, -0.05) is 6.92 Å². The summed E-state index contributed by atoms with van der Waals surface area (Å²) in [6.45, 7) is 5.01. The quantitative estimate of drug-likeness (QED) is 0.832. The van der Waals surface area contributed by atoms with Crippen LogP contribution < -0.4 is 0 Å².